The molecule has 0 aliphatic rings. The molecule has 0 saturated heterocycles. The maximum atomic E-state index is 6.06. The normalized spacial score (nSPS) is 10.6. The minimum absolute atomic E-state index is 0.484. The van der Waals surface area contributed by atoms with E-state index in [9.17, 15) is 0 Å². The highest BCUT2D eigenvalue weighted by atomic mass is 16.5. The third-order valence-corrected chi connectivity index (χ3v) is 2.78. The smallest absolute Gasteiger partial charge is 0.254 e. The van der Waals surface area contributed by atoms with Gasteiger partial charge in [0, 0.05) is 12.3 Å². The molecule has 2 rings (SSSR count). The van der Waals surface area contributed by atoms with Gasteiger partial charge in [0.2, 0.25) is 5.88 Å². The summed E-state index contributed by atoms with van der Waals surface area (Å²) in [5, 5.41) is 4.46. The van der Waals surface area contributed by atoms with Gasteiger partial charge in [-0.05, 0) is 12.8 Å². The molecule has 0 radical (unpaired) electrons. The molecule has 2 N–H and O–H groups in total. The Kier molecular flexibility index (Phi) is 3.45. The van der Waals surface area contributed by atoms with E-state index in [0.717, 1.165) is 29.9 Å². The minimum atomic E-state index is 0.484. The lowest BCUT2D eigenvalue weighted by Gasteiger charge is -2.05. The fourth-order valence-electron chi connectivity index (χ4n) is 1.83. The van der Waals surface area contributed by atoms with Crippen molar-refractivity contribution in [2.45, 2.75) is 26.7 Å². The summed E-state index contributed by atoms with van der Waals surface area (Å²) in [5.41, 5.74) is 8.60. The van der Waals surface area contributed by atoms with E-state index in [4.69, 9.17) is 10.5 Å². The van der Waals surface area contributed by atoms with Gasteiger partial charge >= 0.3 is 0 Å². The van der Waals surface area contributed by atoms with Crippen molar-refractivity contribution >= 4 is 5.69 Å². The second kappa shape index (κ2) is 5.03. The number of rotatable bonds is 4. The Bertz CT molecular complexity index is 549. The van der Waals surface area contributed by atoms with Gasteiger partial charge in [0.1, 0.15) is 0 Å². The zero-order chi connectivity index (χ0) is 13.1. The van der Waals surface area contributed by atoms with Crippen molar-refractivity contribution in [3.8, 4) is 11.8 Å². The molecule has 18 heavy (non-hydrogen) atoms. The minimum Gasteiger partial charge on any atom is -0.481 e. The van der Waals surface area contributed by atoms with Crippen LogP contribution in [0.1, 0.15) is 25.2 Å². The summed E-state index contributed by atoms with van der Waals surface area (Å²) in [4.78, 5) is 8.48. The second-order valence-electron chi connectivity index (χ2n) is 3.82. The summed E-state index contributed by atoms with van der Waals surface area (Å²) in [5.74, 6) is 0.992. The number of nitrogens with zero attached hydrogens (tertiary/aromatic N) is 4. The van der Waals surface area contributed by atoms with Crippen LogP contribution in [0.3, 0.4) is 0 Å². The van der Waals surface area contributed by atoms with Crippen molar-refractivity contribution < 1.29 is 4.74 Å². The molecular weight excluding hydrogens is 230 g/mol. The van der Waals surface area contributed by atoms with Crippen LogP contribution >= 0.6 is 0 Å². The first-order valence-corrected chi connectivity index (χ1v) is 5.94. The number of hydrogen-bond acceptors (Lipinski definition) is 5. The monoisotopic (exact) mass is 247 g/mol. The van der Waals surface area contributed by atoms with E-state index in [1.165, 1.54) is 0 Å². The summed E-state index contributed by atoms with van der Waals surface area (Å²) in [6, 6.07) is 1.70. The molecule has 0 fully saturated rings. The summed E-state index contributed by atoms with van der Waals surface area (Å²) in [6.45, 7) is 4.05. The molecule has 0 bridgehead atoms. The van der Waals surface area contributed by atoms with Crippen LogP contribution in [0.5, 0.6) is 5.88 Å². The molecule has 0 amide bonds. The Morgan fingerprint density at radius 1 is 1.33 bits per heavy atom. The van der Waals surface area contributed by atoms with E-state index in [1.54, 1.807) is 24.1 Å². The van der Waals surface area contributed by atoms with Gasteiger partial charge in [-0.1, -0.05) is 13.8 Å². The SMILES string of the molecule is CCc1nn(-c2nccc(OC)n2)c(CC)c1N. The number of hydrogen-bond donors (Lipinski definition) is 1. The third kappa shape index (κ3) is 2.01. The average Bonchev–Trinajstić information content (AvgIpc) is 2.75. The first kappa shape index (κ1) is 12.3. The first-order chi connectivity index (χ1) is 8.71. The van der Waals surface area contributed by atoms with Crippen molar-refractivity contribution in [1.82, 2.24) is 19.7 Å². The number of aryl methyl sites for hydroxylation is 1. The number of nitrogens with two attached hydrogens (primary N) is 1. The van der Waals surface area contributed by atoms with Crippen molar-refractivity contribution in [3.63, 3.8) is 0 Å². The van der Waals surface area contributed by atoms with Crippen LogP contribution in [0.25, 0.3) is 5.95 Å². The molecular formula is C12H17N5O. The molecule has 0 aromatic carbocycles. The van der Waals surface area contributed by atoms with Gasteiger partial charge in [0.05, 0.1) is 24.2 Å². The fraction of sp³-hybridized carbons (Fsp3) is 0.417. The number of ether oxygens (including phenoxy) is 1. The van der Waals surface area contributed by atoms with Gasteiger partial charge in [0.15, 0.2) is 0 Å². The lowest BCUT2D eigenvalue weighted by molar-refractivity contribution is 0.395. The third-order valence-electron chi connectivity index (χ3n) is 2.78. The van der Waals surface area contributed by atoms with Crippen molar-refractivity contribution in [1.29, 1.82) is 0 Å². The standard InChI is InChI=1S/C12H17N5O/c1-4-8-11(13)9(5-2)17(16-8)12-14-7-6-10(15-12)18-3/h6-7H,4-5,13H2,1-3H3. The van der Waals surface area contributed by atoms with E-state index < -0.39 is 0 Å². The number of methoxy groups -OCH3 is 1. The average molecular weight is 247 g/mol. The largest absolute Gasteiger partial charge is 0.481 e. The summed E-state index contributed by atoms with van der Waals surface area (Å²) in [7, 11) is 1.57. The van der Waals surface area contributed by atoms with Crippen molar-refractivity contribution in [3.05, 3.63) is 23.7 Å². The molecule has 6 heteroatoms. The predicted molar refractivity (Wildman–Crippen MR) is 68.9 cm³/mol. The molecule has 6 nitrogen and oxygen atoms in total. The Hall–Kier alpha value is -2.11. The lowest BCUT2D eigenvalue weighted by atomic mass is 10.2. The van der Waals surface area contributed by atoms with Crippen LogP contribution in [0, 0.1) is 0 Å². The number of anilines is 1. The highest BCUT2D eigenvalue weighted by molar-refractivity contribution is 5.50. The van der Waals surface area contributed by atoms with E-state index in [-0.39, 0.29) is 0 Å². The van der Waals surface area contributed by atoms with Crippen molar-refractivity contribution in [2.24, 2.45) is 0 Å². The predicted octanol–water partition coefficient (Wildman–Crippen LogP) is 1.38. The highest BCUT2D eigenvalue weighted by Gasteiger charge is 2.15. The van der Waals surface area contributed by atoms with Crippen LogP contribution in [-0.4, -0.2) is 26.9 Å². The van der Waals surface area contributed by atoms with Gasteiger partial charge in [-0.3, -0.25) is 0 Å². The number of aromatic nitrogens is 4. The lowest BCUT2D eigenvalue weighted by Crippen LogP contribution is -2.07. The van der Waals surface area contributed by atoms with Gasteiger partial charge in [-0.25, -0.2) is 9.67 Å². The number of nitrogen functional groups attached to an aromatic ring is 1. The molecule has 0 aliphatic carbocycles. The molecule has 2 heterocycles. The molecule has 0 unspecified atom stereocenters. The van der Waals surface area contributed by atoms with E-state index in [2.05, 4.69) is 15.1 Å². The van der Waals surface area contributed by atoms with Gasteiger partial charge in [0.25, 0.3) is 5.95 Å². The molecule has 0 aliphatic heterocycles. The Morgan fingerprint density at radius 3 is 2.72 bits per heavy atom. The fourth-order valence-corrected chi connectivity index (χ4v) is 1.83. The molecule has 0 atom stereocenters. The van der Waals surface area contributed by atoms with Crippen LogP contribution in [-0.2, 0) is 12.8 Å². The van der Waals surface area contributed by atoms with Crippen LogP contribution in [0.4, 0.5) is 5.69 Å². The van der Waals surface area contributed by atoms with Crippen LogP contribution in [0.2, 0.25) is 0 Å². The summed E-state index contributed by atoms with van der Waals surface area (Å²) >= 11 is 0. The zero-order valence-electron chi connectivity index (χ0n) is 10.8. The summed E-state index contributed by atoms with van der Waals surface area (Å²) < 4.78 is 6.78. The van der Waals surface area contributed by atoms with Gasteiger partial charge < -0.3 is 10.5 Å². The zero-order valence-corrected chi connectivity index (χ0v) is 10.8. The maximum Gasteiger partial charge on any atom is 0.254 e. The molecule has 0 saturated carbocycles. The summed E-state index contributed by atoms with van der Waals surface area (Å²) in [6.07, 6.45) is 3.21. The first-order valence-electron chi connectivity index (χ1n) is 5.94. The topological polar surface area (TPSA) is 78.8 Å². The molecule has 96 valence electrons. The van der Waals surface area contributed by atoms with Gasteiger partial charge in [-0.15, -0.1) is 0 Å². The molecule has 0 spiro atoms. The highest BCUT2D eigenvalue weighted by Crippen LogP contribution is 2.21. The van der Waals surface area contributed by atoms with Crippen LogP contribution in [0.15, 0.2) is 12.3 Å². The molecule has 2 aromatic rings. The van der Waals surface area contributed by atoms with E-state index >= 15 is 0 Å². The Morgan fingerprint density at radius 2 is 2.11 bits per heavy atom. The second-order valence-corrected chi connectivity index (χ2v) is 3.82. The Labute approximate surface area is 106 Å². The van der Waals surface area contributed by atoms with E-state index in [0.29, 0.717) is 11.8 Å². The van der Waals surface area contributed by atoms with Crippen molar-refractivity contribution in [2.75, 3.05) is 12.8 Å². The quantitative estimate of drug-likeness (QED) is 0.883. The Balaban J connectivity index is 2.55. The maximum absolute atomic E-state index is 6.06. The molecule has 2 aromatic heterocycles. The van der Waals surface area contributed by atoms with Gasteiger partial charge in [-0.2, -0.15) is 10.1 Å². The van der Waals surface area contributed by atoms with Crippen LogP contribution < -0.4 is 10.5 Å². The van der Waals surface area contributed by atoms with E-state index in [1.807, 2.05) is 13.8 Å².